The van der Waals surface area contributed by atoms with E-state index in [9.17, 15) is 5.11 Å². The second-order valence-corrected chi connectivity index (χ2v) is 4.00. The lowest BCUT2D eigenvalue weighted by Crippen LogP contribution is -2.25. The van der Waals surface area contributed by atoms with Crippen molar-refractivity contribution in [3.05, 3.63) is 23.8 Å². The minimum atomic E-state index is 0.200. The smallest absolute Gasteiger partial charge is 0.160 e. The molecular formula is C13H21NO2. The van der Waals surface area contributed by atoms with Gasteiger partial charge >= 0.3 is 0 Å². The van der Waals surface area contributed by atoms with Crippen molar-refractivity contribution in [1.82, 2.24) is 5.32 Å². The third-order valence-corrected chi connectivity index (χ3v) is 2.66. The fourth-order valence-electron chi connectivity index (χ4n) is 1.71. The molecule has 0 radical (unpaired) electrons. The molecule has 0 aliphatic carbocycles. The minimum Gasteiger partial charge on any atom is -0.504 e. The van der Waals surface area contributed by atoms with Crippen LogP contribution in [0.3, 0.4) is 0 Å². The SMILES string of the molecule is CCN[C@H](C)CCc1ccc(O)c(OC)c1. The van der Waals surface area contributed by atoms with Crippen LogP contribution in [0.5, 0.6) is 11.5 Å². The molecule has 0 spiro atoms. The van der Waals surface area contributed by atoms with Crippen molar-refractivity contribution in [2.45, 2.75) is 32.7 Å². The lowest BCUT2D eigenvalue weighted by Gasteiger charge is -2.12. The molecule has 0 fully saturated rings. The lowest BCUT2D eigenvalue weighted by atomic mass is 10.1. The monoisotopic (exact) mass is 223 g/mol. The summed E-state index contributed by atoms with van der Waals surface area (Å²) >= 11 is 0. The summed E-state index contributed by atoms with van der Waals surface area (Å²) in [6.45, 7) is 5.29. The van der Waals surface area contributed by atoms with Gasteiger partial charge in [0.05, 0.1) is 7.11 Å². The molecule has 3 nitrogen and oxygen atoms in total. The number of rotatable bonds is 6. The molecule has 0 aromatic heterocycles. The van der Waals surface area contributed by atoms with E-state index in [4.69, 9.17) is 4.74 Å². The molecular weight excluding hydrogens is 202 g/mol. The highest BCUT2D eigenvalue weighted by Crippen LogP contribution is 2.26. The minimum absolute atomic E-state index is 0.200. The highest BCUT2D eigenvalue weighted by molar-refractivity contribution is 5.41. The number of aromatic hydroxyl groups is 1. The highest BCUT2D eigenvalue weighted by atomic mass is 16.5. The zero-order valence-corrected chi connectivity index (χ0v) is 10.3. The standard InChI is InChI=1S/C13H21NO2/c1-4-14-10(2)5-6-11-7-8-12(15)13(9-11)16-3/h7-10,14-15H,4-6H2,1-3H3/t10-/m1/s1. The summed E-state index contributed by atoms with van der Waals surface area (Å²) < 4.78 is 5.07. The van der Waals surface area contributed by atoms with Crippen molar-refractivity contribution < 1.29 is 9.84 Å². The van der Waals surface area contributed by atoms with Gasteiger partial charge in [0.15, 0.2) is 11.5 Å². The van der Waals surface area contributed by atoms with Crippen molar-refractivity contribution in [3.63, 3.8) is 0 Å². The number of ether oxygens (including phenoxy) is 1. The van der Waals surface area contributed by atoms with Crippen LogP contribution in [0.1, 0.15) is 25.8 Å². The predicted octanol–water partition coefficient (Wildman–Crippen LogP) is 2.33. The van der Waals surface area contributed by atoms with E-state index < -0.39 is 0 Å². The summed E-state index contributed by atoms with van der Waals surface area (Å²) in [4.78, 5) is 0. The summed E-state index contributed by atoms with van der Waals surface area (Å²) in [7, 11) is 1.57. The summed E-state index contributed by atoms with van der Waals surface area (Å²) in [5.41, 5.74) is 1.19. The van der Waals surface area contributed by atoms with E-state index in [2.05, 4.69) is 19.2 Å². The number of phenolic OH excluding ortho intramolecular Hbond substituents is 1. The molecule has 0 heterocycles. The molecule has 1 aromatic rings. The Bertz CT molecular complexity index is 326. The molecule has 1 aromatic carbocycles. The average Bonchev–Trinajstić information content (AvgIpc) is 2.28. The Morgan fingerprint density at radius 3 is 2.81 bits per heavy atom. The fraction of sp³-hybridized carbons (Fsp3) is 0.538. The Morgan fingerprint density at radius 1 is 1.44 bits per heavy atom. The Kier molecular flexibility index (Phi) is 5.12. The van der Waals surface area contributed by atoms with Crippen LogP contribution in [0.2, 0.25) is 0 Å². The van der Waals surface area contributed by atoms with Crippen LogP contribution in [-0.4, -0.2) is 24.8 Å². The lowest BCUT2D eigenvalue weighted by molar-refractivity contribution is 0.373. The van der Waals surface area contributed by atoms with Crippen LogP contribution >= 0.6 is 0 Å². The van der Waals surface area contributed by atoms with E-state index >= 15 is 0 Å². The van der Waals surface area contributed by atoms with Gasteiger partial charge in [-0.15, -0.1) is 0 Å². The Morgan fingerprint density at radius 2 is 2.19 bits per heavy atom. The quantitative estimate of drug-likeness (QED) is 0.777. The van der Waals surface area contributed by atoms with Crippen LogP contribution in [-0.2, 0) is 6.42 Å². The van der Waals surface area contributed by atoms with Gasteiger partial charge < -0.3 is 15.2 Å². The van der Waals surface area contributed by atoms with Crippen molar-refractivity contribution in [2.24, 2.45) is 0 Å². The summed E-state index contributed by atoms with van der Waals surface area (Å²) in [6.07, 6.45) is 2.08. The van der Waals surface area contributed by atoms with E-state index in [1.807, 2.05) is 12.1 Å². The summed E-state index contributed by atoms with van der Waals surface area (Å²) in [6, 6.07) is 6.04. The van der Waals surface area contributed by atoms with E-state index in [0.717, 1.165) is 19.4 Å². The first-order valence-corrected chi connectivity index (χ1v) is 5.76. The average molecular weight is 223 g/mol. The molecule has 90 valence electrons. The van der Waals surface area contributed by atoms with Gasteiger partial charge in [0.25, 0.3) is 0 Å². The maximum atomic E-state index is 9.46. The molecule has 16 heavy (non-hydrogen) atoms. The Hall–Kier alpha value is -1.22. The Balaban J connectivity index is 2.54. The van der Waals surface area contributed by atoms with E-state index in [1.54, 1.807) is 13.2 Å². The first-order valence-electron chi connectivity index (χ1n) is 5.76. The van der Waals surface area contributed by atoms with Gasteiger partial charge in [-0.1, -0.05) is 13.0 Å². The first-order chi connectivity index (χ1) is 7.67. The third kappa shape index (κ3) is 3.74. The number of nitrogens with one attached hydrogen (secondary N) is 1. The van der Waals surface area contributed by atoms with E-state index in [-0.39, 0.29) is 5.75 Å². The number of benzene rings is 1. The van der Waals surface area contributed by atoms with E-state index in [1.165, 1.54) is 5.56 Å². The molecule has 0 saturated heterocycles. The van der Waals surface area contributed by atoms with Crippen molar-refractivity contribution in [3.8, 4) is 11.5 Å². The Labute approximate surface area is 97.4 Å². The maximum Gasteiger partial charge on any atom is 0.160 e. The molecule has 3 heteroatoms. The van der Waals surface area contributed by atoms with Crippen molar-refractivity contribution in [2.75, 3.05) is 13.7 Å². The van der Waals surface area contributed by atoms with Crippen molar-refractivity contribution >= 4 is 0 Å². The van der Waals surface area contributed by atoms with Gasteiger partial charge in [-0.05, 0) is 44.0 Å². The van der Waals surface area contributed by atoms with Gasteiger partial charge in [-0.2, -0.15) is 0 Å². The molecule has 0 amide bonds. The fourth-order valence-corrected chi connectivity index (χ4v) is 1.71. The largest absolute Gasteiger partial charge is 0.504 e. The number of aryl methyl sites for hydroxylation is 1. The van der Waals surface area contributed by atoms with E-state index in [0.29, 0.717) is 11.8 Å². The maximum absolute atomic E-state index is 9.46. The van der Waals surface area contributed by atoms with Crippen LogP contribution < -0.4 is 10.1 Å². The molecule has 0 aliphatic rings. The molecule has 0 aliphatic heterocycles. The normalized spacial score (nSPS) is 12.4. The predicted molar refractivity (Wildman–Crippen MR) is 66.1 cm³/mol. The third-order valence-electron chi connectivity index (χ3n) is 2.66. The number of methoxy groups -OCH3 is 1. The highest BCUT2D eigenvalue weighted by Gasteiger charge is 2.04. The van der Waals surface area contributed by atoms with Crippen LogP contribution in [0.15, 0.2) is 18.2 Å². The van der Waals surface area contributed by atoms with Gasteiger partial charge in [-0.25, -0.2) is 0 Å². The summed E-state index contributed by atoms with van der Waals surface area (Å²) in [5, 5.41) is 12.8. The molecule has 0 saturated carbocycles. The molecule has 0 bridgehead atoms. The molecule has 2 N–H and O–H groups in total. The van der Waals surface area contributed by atoms with Gasteiger partial charge in [0, 0.05) is 6.04 Å². The first kappa shape index (κ1) is 12.8. The van der Waals surface area contributed by atoms with Crippen LogP contribution in [0.4, 0.5) is 0 Å². The van der Waals surface area contributed by atoms with Gasteiger partial charge in [0.2, 0.25) is 0 Å². The second kappa shape index (κ2) is 6.38. The van der Waals surface area contributed by atoms with Gasteiger partial charge in [0.1, 0.15) is 0 Å². The zero-order chi connectivity index (χ0) is 12.0. The summed E-state index contributed by atoms with van der Waals surface area (Å²) in [5.74, 6) is 0.750. The van der Waals surface area contributed by atoms with Crippen LogP contribution in [0, 0.1) is 0 Å². The van der Waals surface area contributed by atoms with Crippen molar-refractivity contribution in [1.29, 1.82) is 0 Å². The second-order valence-electron chi connectivity index (χ2n) is 4.00. The zero-order valence-electron chi connectivity index (χ0n) is 10.3. The molecule has 1 atom stereocenters. The number of hydrogen-bond donors (Lipinski definition) is 2. The topological polar surface area (TPSA) is 41.5 Å². The van der Waals surface area contributed by atoms with Crippen LogP contribution in [0.25, 0.3) is 0 Å². The number of phenols is 1. The molecule has 1 rings (SSSR count). The number of hydrogen-bond acceptors (Lipinski definition) is 3. The molecule has 0 unspecified atom stereocenters. The van der Waals surface area contributed by atoms with Gasteiger partial charge in [-0.3, -0.25) is 0 Å².